The lowest BCUT2D eigenvalue weighted by atomic mass is 10.0. The third kappa shape index (κ3) is 36.8. The minimum atomic E-state index is -5.95. The second kappa shape index (κ2) is 33.8. The van der Waals surface area contributed by atoms with Crippen LogP contribution in [0.2, 0.25) is 0 Å². The zero-order valence-corrected chi connectivity index (χ0v) is 27.5. The molecular weight excluding hydrogens is 653 g/mol. The van der Waals surface area contributed by atoms with Gasteiger partial charge in [0.25, 0.3) is 7.82 Å². The van der Waals surface area contributed by atoms with Gasteiger partial charge in [-0.15, -0.1) is 0 Å². The number of rotatable bonds is 38. The Bertz CT molecular complexity index is 3410. The number of hydrogen-bond acceptors (Lipinski definition) is 8. The van der Waals surface area contributed by atoms with Gasteiger partial charge in [-0.3, -0.25) is 14.2 Å². The van der Waals surface area contributed by atoms with Gasteiger partial charge in [-0.1, -0.05) is 167 Å². The lowest BCUT2D eigenvalue weighted by Gasteiger charge is -2.28. The molecule has 1 unspecified atom stereocenters. The Morgan fingerprint density at radius 3 is 1.38 bits per heavy atom. The number of phosphoric ester groups is 1. The zero-order chi connectivity index (χ0) is 92.4. The molecule has 0 saturated heterocycles. The fourth-order valence-electron chi connectivity index (χ4n) is 1.99. The highest BCUT2D eigenvalue weighted by Gasteiger charge is 2.21. The average Bonchev–Trinajstić information content (AvgIpc) is 0.681. The molecule has 0 amide bonds. The topological polar surface area (TPSA) is 111 Å². The van der Waals surface area contributed by atoms with Gasteiger partial charge in [-0.25, -0.2) is 0 Å². The van der Waals surface area contributed by atoms with E-state index in [1.807, 2.05) is 0 Å². The summed E-state index contributed by atoms with van der Waals surface area (Å²) in [5.41, 5.74) is 0. The molecule has 0 aromatic heterocycles. The van der Waals surface area contributed by atoms with Crippen LogP contribution in [-0.4, -0.2) is 70.0 Å². The number of likely N-dealkylation sites (N-methyl/N-ethyl adjacent to an activating group) is 1. The average molecular weight is 796 g/mol. The summed E-state index contributed by atoms with van der Waals surface area (Å²) in [7, 11) is -1.59. The fourth-order valence-corrected chi connectivity index (χ4v) is 2.72. The molecule has 0 spiro atoms. The van der Waals surface area contributed by atoms with Crippen molar-refractivity contribution in [1.29, 1.82) is 0 Å². The first-order chi connectivity index (χ1) is 47.3. The Balaban J connectivity index is 8.28. The molecule has 0 aromatic rings. The van der Waals surface area contributed by atoms with Gasteiger partial charge in [0.1, 0.15) is 19.8 Å². The Hall–Kier alpha value is -0.990. The van der Waals surface area contributed by atoms with Crippen LogP contribution < -0.4 is 4.89 Å². The SMILES string of the molecule is [2H]C([2H])([2H])C([2H])([2H])C([2H])([2H])C([2H])([2H])C([2H])([2H])C([2H])([2H])C([2H])([2H])C([2H])([2H])C([2H])([2H])C([2H])([2H])C([2H])([2H])C([2H])([2H])C([2H])([2H])C(=O)OC[C@H](COP(=O)([O-])OCC[N+](C)(C)C)OC(=O)C([2H])([2H])C([2H])([2H])C([2H])([2H])C([2H])([2H])C([2H])([2H])C([2H])([2H])C([2H])([2H])C([2H])([2H])C([2H])([2H])C([2H])([2H])C([2H])([2H])C([2H])([2H])C([2H])([2H])C([2H])([2H])C([2H])([2H])C([2H])([2H])C([2H])([2H])[2H]. The standard InChI is InChI=1S/C40H80NO8P/c1-6-8-10-12-14-16-18-19-20-21-23-25-27-29-31-33-40(43)49-38(37-48-50(44,45)47-35-34-41(3,4)5)36-46-39(42)32-30-28-26-24-22-17-15-13-11-9-7-2/h38H,6-37H2,1-5H3/t38-/m1/s1/i1D3,2D3,6D2,7D2,8D2,9D2,10D2,11D2,12D2,13D2,14D2,15D2,16D2,17D2,18D2,19D2,20D2,21D2,22D2,23D2,24D2,25D2,26D2,27D2,28D2,29D2,30D2,31D2,32D2,33D2. The number of ether oxygens (including phenoxy) is 2. The van der Waals surface area contributed by atoms with Crippen molar-refractivity contribution in [3.05, 3.63) is 0 Å². The van der Waals surface area contributed by atoms with Crippen LogP contribution in [0, 0.1) is 0 Å². The van der Waals surface area contributed by atoms with Gasteiger partial charge >= 0.3 is 11.9 Å². The molecule has 10 heteroatoms. The summed E-state index contributed by atoms with van der Waals surface area (Å²) in [5.74, 6) is -6.18. The summed E-state index contributed by atoms with van der Waals surface area (Å²) in [6.07, 6.45) is -151. The van der Waals surface area contributed by atoms with Gasteiger partial charge < -0.3 is 27.9 Å². The van der Waals surface area contributed by atoms with Crippen molar-refractivity contribution in [1.82, 2.24) is 0 Å². The summed E-state index contributed by atoms with van der Waals surface area (Å²) in [6, 6.07) is 0. The largest absolute Gasteiger partial charge is 0.756 e. The molecule has 2 atom stereocenters. The van der Waals surface area contributed by atoms with Crippen LogP contribution in [0.15, 0.2) is 0 Å². The van der Waals surface area contributed by atoms with E-state index in [1.165, 1.54) is 21.1 Å². The van der Waals surface area contributed by atoms with Crippen molar-refractivity contribution < 1.29 is 127 Å². The highest BCUT2D eigenvalue weighted by Crippen LogP contribution is 2.38. The van der Waals surface area contributed by atoms with Gasteiger partial charge in [-0.05, 0) is 12.7 Å². The maximum Gasteiger partial charge on any atom is 0.306 e. The van der Waals surface area contributed by atoms with Crippen LogP contribution in [0.25, 0.3) is 0 Å². The minimum absolute atomic E-state index is 0.0939. The number of carbonyl (C=O) groups is 2. The van der Waals surface area contributed by atoms with Crippen molar-refractivity contribution in [2.45, 2.75) is 198 Å². The van der Waals surface area contributed by atoms with E-state index >= 15 is 0 Å². The smallest absolute Gasteiger partial charge is 0.306 e. The molecule has 0 fully saturated rings. The zero-order valence-electron chi connectivity index (χ0n) is 88.6. The van der Waals surface area contributed by atoms with Gasteiger partial charge in [0, 0.05) is 97.7 Å². The van der Waals surface area contributed by atoms with Gasteiger partial charge in [-0.2, -0.15) is 0 Å². The minimum Gasteiger partial charge on any atom is -0.756 e. The lowest BCUT2D eigenvalue weighted by molar-refractivity contribution is -0.870. The molecule has 50 heavy (non-hydrogen) atoms. The molecule has 0 aliphatic rings. The molecule has 0 rings (SSSR count). The quantitative estimate of drug-likeness (QED) is 0.0345. The van der Waals surface area contributed by atoms with E-state index in [2.05, 4.69) is 18.5 Å². The molecule has 0 aliphatic heterocycles. The predicted octanol–water partition coefficient (Wildman–Crippen LogP) is 10.6. The second-order valence-corrected chi connectivity index (χ2v) is 10.1. The molecular formula is C40H80NO8P. The molecule has 9 nitrogen and oxygen atoms in total. The van der Waals surface area contributed by atoms with Crippen LogP contribution >= 0.6 is 7.82 Å². The Labute approximate surface area is 395 Å². The van der Waals surface area contributed by atoms with Crippen molar-refractivity contribution in [2.75, 3.05) is 47.5 Å². The fraction of sp³-hybridized carbons (Fsp3) is 0.950. The maximum absolute atomic E-state index is 14.0. The number of carbonyl (C=O) groups excluding carboxylic acids is 2. The van der Waals surface area contributed by atoms with Crippen LogP contribution in [0.4, 0.5) is 0 Å². The van der Waals surface area contributed by atoms with Crippen molar-refractivity contribution in [2.24, 2.45) is 0 Å². The van der Waals surface area contributed by atoms with E-state index < -0.39 is 238 Å². The highest BCUT2D eigenvalue weighted by molar-refractivity contribution is 7.45. The first-order valence-corrected chi connectivity index (χ1v) is 14.6. The molecule has 298 valence electrons. The molecule has 0 aliphatic carbocycles. The first-order valence-electron chi connectivity index (χ1n) is 44.1. The lowest BCUT2D eigenvalue weighted by Crippen LogP contribution is -2.37. The molecule has 0 aromatic carbocycles. The monoisotopic (exact) mass is 796 g/mol. The van der Waals surface area contributed by atoms with Crippen molar-refractivity contribution >= 4 is 19.8 Å². The normalized spacial score (nSPS) is 40.6. The maximum atomic E-state index is 14.0. The molecule has 0 N–H and O–H groups in total. The summed E-state index contributed by atoms with van der Waals surface area (Å²) in [5, 5.41) is 0. The molecule has 0 heterocycles. The van der Waals surface area contributed by atoms with Crippen molar-refractivity contribution in [3.8, 4) is 0 Å². The van der Waals surface area contributed by atoms with Gasteiger partial charge in [0.05, 0.1) is 27.7 Å². The number of nitrogens with zero attached hydrogens (tertiary/aromatic N) is 1. The molecule has 0 bridgehead atoms. The molecule has 0 radical (unpaired) electrons. The van der Waals surface area contributed by atoms with E-state index in [-0.39, 0.29) is 11.0 Å². The molecule has 0 saturated carbocycles. The number of phosphoric acid groups is 1. The highest BCUT2D eigenvalue weighted by atomic mass is 31.2. The van der Waals surface area contributed by atoms with E-state index in [1.54, 1.807) is 0 Å². The third-order valence-electron chi connectivity index (χ3n) is 3.93. The number of hydrogen-bond donors (Lipinski definition) is 0. The Morgan fingerprint density at radius 2 is 0.980 bits per heavy atom. The summed E-state index contributed by atoms with van der Waals surface area (Å²) < 4.78 is 541. The summed E-state index contributed by atoms with van der Waals surface area (Å²) >= 11 is 0. The second-order valence-electron chi connectivity index (χ2n) is 8.72. The first kappa shape index (κ1) is 9.33. The van der Waals surface area contributed by atoms with Crippen LogP contribution in [0.3, 0.4) is 0 Å². The summed E-state index contributed by atoms with van der Waals surface area (Å²) in [4.78, 5) is 40.6. The number of esters is 2. The van der Waals surface area contributed by atoms with E-state index in [9.17, 15) is 19.0 Å². The predicted molar refractivity (Wildman–Crippen MR) is 204 cm³/mol. The summed E-state index contributed by atoms with van der Waals surface area (Å²) in [6.45, 7) is -14.0. The van der Waals surface area contributed by atoms with Crippen LogP contribution in [0.5, 0.6) is 0 Å². The Kier molecular flexibility index (Phi) is 6.31. The Morgan fingerprint density at radius 1 is 0.600 bits per heavy atom. The van der Waals surface area contributed by atoms with Crippen molar-refractivity contribution in [3.63, 3.8) is 0 Å². The van der Waals surface area contributed by atoms with E-state index in [0.29, 0.717) is 0 Å². The van der Waals surface area contributed by atoms with Crippen LogP contribution in [0.1, 0.15) is 277 Å². The van der Waals surface area contributed by atoms with E-state index in [4.69, 9.17) is 85.0 Å². The van der Waals surface area contributed by atoms with E-state index in [0.717, 1.165) is 0 Å². The van der Waals surface area contributed by atoms with Gasteiger partial charge in [0.15, 0.2) is 6.10 Å². The van der Waals surface area contributed by atoms with Crippen LogP contribution in [-0.2, 0) is 32.7 Å². The third-order valence-corrected chi connectivity index (χ3v) is 4.90. The van der Waals surface area contributed by atoms with Gasteiger partial charge in [0.2, 0.25) is 0 Å². The number of quaternary nitrogens is 1.